The fourth-order valence-electron chi connectivity index (χ4n) is 1.70. The molecular weight excluding hydrogens is 382 g/mol. The molecule has 20 heavy (non-hydrogen) atoms. The summed E-state index contributed by atoms with van der Waals surface area (Å²) in [6, 6.07) is 10.8. The number of anilines is 1. The van der Waals surface area contributed by atoms with Crippen molar-refractivity contribution in [1.29, 1.82) is 0 Å². The molecule has 2 nitrogen and oxygen atoms in total. The van der Waals surface area contributed by atoms with Crippen molar-refractivity contribution in [3.63, 3.8) is 0 Å². The van der Waals surface area contributed by atoms with Crippen molar-refractivity contribution in [2.75, 3.05) is 5.73 Å². The zero-order valence-corrected chi connectivity index (χ0v) is 12.4. The monoisotopic (exact) mass is 393 g/mol. The zero-order chi connectivity index (χ0) is 14.8. The molecule has 106 valence electrons. The first-order chi connectivity index (χ1) is 9.36. The lowest BCUT2D eigenvalue weighted by atomic mass is 10.1. The quantitative estimate of drug-likeness (QED) is 0.617. The Labute approximate surface area is 127 Å². The van der Waals surface area contributed by atoms with E-state index in [0.717, 1.165) is 9.64 Å². The summed E-state index contributed by atoms with van der Waals surface area (Å²) in [7, 11) is 0. The molecule has 2 N–H and O–H groups in total. The van der Waals surface area contributed by atoms with Gasteiger partial charge in [0.1, 0.15) is 12.4 Å². The maximum Gasteiger partial charge on any atom is 0.416 e. The second-order valence-electron chi connectivity index (χ2n) is 4.16. The van der Waals surface area contributed by atoms with Crippen LogP contribution in [0.1, 0.15) is 11.1 Å². The second kappa shape index (κ2) is 5.90. The van der Waals surface area contributed by atoms with Gasteiger partial charge in [0.05, 0.1) is 5.56 Å². The van der Waals surface area contributed by atoms with Crippen LogP contribution in [-0.2, 0) is 12.8 Å². The van der Waals surface area contributed by atoms with E-state index in [1.807, 2.05) is 6.07 Å². The van der Waals surface area contributed by atoms with Gasteiger partial charge in [-0.05, 0) is 52.9 Å². The van der Waals surface area contributed by atoms with Gasteiger partial charge in [0.2, 0.25) is 0 Å². The highest BCUT2D eigenvalue weighted by Crippen LogP contribution is 2.33. The average Bonchev–Trinajstić information content (AvgIpc) is 2.36. The van der Waals surface area contributed by atoms with Gasteiger partial charge in [-0.15, -0.1) is 0 Å². The molecule has 0 aliphatic rings. The van der Waals surface area contributed by atoms with Crippen molar-refractivity contribution in [1.82, 2.24) is 0 Å². The van der Waals surface area contributed by atoms with E-state index >= 15 is 0 Å². The summed E-state index contributed by atoms with van der Waals surface area (Å²) in [4.78, 5) is 0. The summed E-state index contributed by atoms with van der Waals surface area (Å²) >= 11 is 2.11. The molecule has 0 radical (unpaired) electrons. The second-order valence-corrected chi connectivity index (χ2v) is 5.41. The van der Waals surface area contributed by atoms with E-state index in [-0.39, 0.29) is 17.9 Å². The van der Waals surface area contributed by atoms with Crippen LogP contribution in [0.15, 0.2) is 42.5 Å². The van der Waals surface area contributed by atoms with E-state index in [0.29, 0.717) is 5.75 Å². The molecule has 0 saturated carbocycles. The number of nitrogen functional groups attached to an aromatic ring is 1. The number of rotatable bonds is 3. The van der Waals surface area contributed by atoms with Crippen LogP contribution in [-0.4, -0.2) is 0 Å². The van der Waals surface area contributed by atoms with Crippen molar-refractivity contribution in [2.45, 2.75) is 12.8 Å². The third-order valence-electron chi connectivity index (χ3n) is 2.63. The third kappa shape index (κ3) is 3.78. The molecule has 0 amide bonds. The third-order valence-corrected chi connectivity index (χ3v) is 3.30. The molecule has 2 rings (SSSR count). The van der Waals surface area contributed by atoms with E-state index in [2.05, 4.69) is 22.6 Å². The van der Waals surface area contributed by atoms with Gasteiger partial charge in [-0.2, -0.15) is 13.2 Å². The standard InChI is InChI=1S/C14H11F3INO/c15-14(16,17)13-7-11(19)5-4-9(13)8-20-12-3-1-2-10(18)6-12/h1-7H,8,19H2. The number of ether oxygens (including phenoxy) is 1. The summed E-state index contributed by atoms with van der Waals surface area (Å²) in [5.74, 6) is 0.529. The van der Waals surface area contributed by atoms with E-state index in [9.17, 15) is 13.2 Å². The lowest BCUT2D eigenvalue weighted by Gasteiger charge is -2.14. The van der Waals surface area contributed by atoms with Crippen molar-refractivity contribution in [3.8, 4) is 5.75 Å². The molecule has 0 bridgehead atoms. The smallest absolute Gasteiger partial charge is 0.416 e. The van der Waals surface area contributed by atoms with Crippen molar-refractivity contribution < 1.29 is 17.9 Å². The van der Waals surface area contributed by atoms with Crippen LogP contribution >= 0.6 is 22.6 Å². The molecule has 0 aromatic heterocycles. The Kier molecular flexibility index (Phi) is 4.42. The Balaban J connectivity index is 2.21. The minimum atomic E-state index is -4.45. The van der Waals surface area contributed by atoms with E-state index < -0.39 is 11.7 Å². The first kappa shape index (κ1) is 15.0. The summed E-state index contributed by atoms with van der Waals surface area (Å²) in [5.41, 5.74) is 4.79. The van der Waals surface area contributed by atoms with Gasteiger partial charge >= 0.3 is 6.18 Å². The van der Waals surface area contributed by atoms with Crippen LogP contribution in [0.5, 0.6) is 5.75 Å². The van der Waals surface area contributed by atoms with Crippen LogP contribution in [0.4, 0.5) is 18.9 Å². The van der Waals surface area contributed by atoms with Crippen molar-refractivity contribution in [2.24, 2.45) is 0 Å². The Morgan fingerprint density at radius 2 is 1.85 bits per heavy atom. The molecule has 2 aromatic carbocycles. The number of hydrogen-bond donors (Lipinski definition) is 1. The highest BCUT2D eigenvalue weighted by Gasteiger charge is 2.33. The predicted molar refractivity (Wildman–Crippen MR) is 79.3 cm³/mol. The Bertz CT molecular complexity index is 614. The summed E-state index contributed by atoms with van der Waals surface area (Å²) < 4.78 is 45.1. The van der Waals surface area contributed by atoms with Crippen LogP contribution in [0.2, 0.25) is 0 Å². The van der Waals surface area contributed by atoms with Gasteiger partial charge in [0.15, 0.2) is 0 Å². The van der Waals surface area contributed by atoms with E-state index in [4.69, 9.17) is 10.5 Å². The van der Waals surface area contributed by atoms with Gasteiger partial charge in [0.25, 0.3) is 0 Å². The maximum absolute atomic E-state index is 12.9. The first-order valence-electron chi connectivity index (χ1n) is 5.70. The Morgan fingerprint density at radius 1 is 1.10 bits per heavy atom. The van der Waals surface area contributed by atoms with Gasteiger partial charge in [-0.3, -0.25) is 0 Å². The number of halogens is 4. The molecule has 0 aliphatic carbocycles. The molecule has 0 spiro atoms. The minimum Gasteiger partial charge on any atom is -0.489 e. The number of hydrogen-bond acceptors (Lipinski definition) is 2. The summed E-state index contributed by atoms with van der Waals surface area (Å²) in [5, 5.41) is 0. The van der Waals surface area contributed by atoms with Gasteiger partial charge in [-0.1, -0.05) is 12.1 Å². The number of benzene rings is 2. The average molecular weight is 393 g/mol. The van der Waals surface area contributed by atoms with Crippen LogP contribution < -0.4 is 10.5 Å². The first-order valence-corrected chi connectivity index (χ1v) is 6.78. The topological polar surface area (TPSA) is 35.2 Å². The van der Waals surface area contributed by atoms with E-state index in [1.165, 1.54) is 12.1 Å². The van der Waals surface area contributed by atoms with Crippen LogP contribution in [0, 0.1) is 3.57 Å². The molecule has 2 aromatic rings. The van der Waals surface area contributed by atoms with Gasteiger partial charge in [-0.25, -0.2) is 0 Å². The fourth-order valence-corrected chi connectivity index (χ4v) is 2.22. The molecule has 6 heteroatoms. The number of nitrogens with two attached hydrogens (primary N) is 1. The maximum atomic E-state index is 12.9. The van der Waals surface area contributed by atoms with Gasteiger partial charge in [0, 0.05) is 14.8 Å². The highest BCUT2D eigenvalue weighted by molar-refractivity contribution is 14.1. The molecule has 0 heterocycles. The molecular formula is C14H11F3INO. The van der Waals surface area contributed by atoms with Crippen LogP contribution in [0.3, 0.4) is 0 Å². The highest BCUT2D eigenvalue weighted by atomic mass is 127. The fraction of sp³-hybridized carbons (Fsp3) is 0.143. The molecule has 0 aliphatic heterocycles. The van der Waals surface area contributed by atoms with Crippen molar-refractivity contribution >= 4 is 28.3 Å². The Hall–Kier alpha value is -1.44. The molecule has 0 saturated heterocycles. The number of alkyl halides is 3. The Morgan fingerprint density at radius 3 is 2.50 bits per heavy atom. The lowest BCUT2D eigenvalue weighted by molar-refractivity contribution is -0.138. The minimum absolute atomic E-state index is 0.0607. The van der Waals surface area contributed by atoms with E-state index in [1.54, 1.807) is 18.2 Å². The molecule has 0 unspecified atom stereocenters. The predicted octanol–water partition coefficient (Wildman–Crippen LogP) is 4.47. The normalized spacial score (nSPS) is 11.4. The lowest BCUT2D eigenvalue weighted by Crippen LogP contribution is -2.11. The van der Waals surface area contributed by atoms with Gasteiger partial charge < -0.3 is 10.5 Å². The zero-order valence-electron chi connectivity index (χ0n) is 10.2. The molecule has 0 atom stereocenters. The van der Waals surface area contributed by atoms with Crippen LogP contribution in [0.25, 0.3) is 0 Å². The molecule has 0 fully saturated rings. The van der Waals surface area contributed by atoms with Crippen molar-refractivity contribution in [3.05, 3.63) is 57.2 Å². The SMILES string of the molecule is Nc1ccc(COc2cccc(I)c2)c(C(F)(F)F)c1. The summed E-state index contributed by atoms with van der Waals surface area (Å²) in [6.07, 6.45) is -4.45. The largest absolute Gasteiger partial charge is 0.489 e. The summed E-state index contributed by atoms with van der Waals surface area (Å²) in [6.45, 7) is -0.158.